The van der Waals surface area contributed by atoms with Crippen molar-refractivity contribution < 1.29 is 4.74 Å². The third kappa shape index (κ3) is 6.55. The van der Waals surface area contributed by atoms with Gasteiger partial charge in [-0.05, 0) is 43.0 Å². The summed E-state index contributed by atoms with van der Waals surface area (Å²) in [4.78, 5) is 0. The molecule has 0 bridgehead atoms. The standard InChI is InChI=1S/C16H26BrNO/c1-5-13(4)19-11-15-7-6-14(8-16(15)17)10-18-9-12(2)3/h6-8,12-13,18H,5,9-11H2,1-4H3. The lowest BCUT2D eigenvalue weighted by Gasteiger charge is -2.13. The van der Waals surface area contributed by atoms with E-state index in [0.29, 0.717) is 18.6 Å². The highest BCUT2D eigenvalue weighted by molar-refractivity contribution is 9.10. The fourth-order valence-corrected chi connectivity index (χ4v) is 2.21. The van der Waals surface area contributed by atoms with Gasteiger partial charge in [0.15, 0.2) is 0 Å². The van der Waals surface area contributed by atoms with Crippen molar-refractivity contribution in [1.29, 1.82) is 0 Å². The molecular formula is C16H26BrNO. The molecule has 1 unspecified atom stereocenters. The fraction of sp³-hybridized carbons (Fsp3) is 0.625. The normalized spacial score (nSPS) is 12.9. The number of nitrogens with one attached hydrogen (secondary N) is 1. The van der Waals surface area contributed by atoms with Gasteiger partial charge < -0.3 is 10.1 Å². The Balaban J connectivity index is 2.49. The molecule has 19 heavy (non-hydrogen) atoms. The Bertz CT molecular complexity index is 379. The van der Waals surface area contributed by atoms with Crippen LogP contribution in [0.25, 0.3) is 0 Å². The van der Waals surface area contributed by atoms with Crippen molar-refractivity contribution in [2.24, 2.45) is 5.92 Å². The predicted molar refractivity (Wildman–Crippen MR) is 85.2 cm³/mol. The second-order valence-corrected chi connectivity index (χ2v) is 6.33. The van der Waals surface area contributed by atoms with Crippen molar-refractivity contribution in [3.8, 4) is 0 Å². The molecule has 1 atom stereocenters. The first-order valence-corrected chi connectivity index (χ1v) is 7.91. The largest absolute Gasteiger partial charge is 0.374 e. The van der Waals surface area contributed by atoms with E-state index in [4.69, 9.17) is 4.74 Å². The number of benzene rings is 1. The predicted octanol–water partition coefficient (Wildman–Crippen LogP) is 4.51. The quantitative estimate of drug-likeness (QED) is 0.758. The molecule has 108 valence electrons. The van der Waals surface area contributed by atoms with Gasteiger partial charge in [0, 0.05) is 11.0 Å². The summed E-state index contributed by atoms with van der Waals surface area (Å²) < 4.78 is 6.90. The van der Waals surface area contributed by atoms with Crippen molar-refractivity contribution in [2.45, 2.75) is 53.4 Å². The van der Waals surface area contributed by atoms with Crippen LogP contribution in [-0.4, -0.2) is 12.6 Å². The molecule has 1 rings (SSSR count). The summed E-state index contributed by atoms with van der Waals surface area (Å²) >= 11 is 3.63. The summed E-state index contributed by atoms with van der Waals surface area (Å²) in [6, 6.07) is 6.51. The molecule has 0 spiro atoms. The highest BCUT2D eigenvalue weighted by Crippen LogP contribution is 2.20. The number of hydrogen-bond acceptors (Lipinski definition) is 2. The summed E-state index contributed by atoms with van der Waals surface area (Å²) in [6.07, 6.45) is 1.37. The van der Waals surface area contributed by atoms with Crippen molar-refractivity contribution in [2.75, 3.05) is 6.54 Å². The SMILES string of the molecule is CCC(C)OCc1ccc(CNCC(C)C)cc1Br. The van der Waals surface area contributed by atoms with E-state index in [1.54, 1.807) is 0 Å². The van der Waals surface area contributed by atoms with E-state index in [0.717, 1.165) is 24.0 Å². The zero-order valence-corrected chi connectivity index (χ0v) is 14.1. The maximum Gasteiger partial charge on any atom is 0.0731 e. The number of hydrogen-bond donors (Lipinski definition) is 1. The highest BCUT2D eigenvalue weighted by Gasteiger charge is 2.05. The zero-order chi connectivity index (χ0) is 14.3. The van der Waals surface area contributed by atoms with E-state index in [1.807, 2.05) is 0 Å². The first-order chi connectivity index (χ1) is 9.02. The van der Waals surface area contributed by atoms with Gasteiger partial charge in [-0.15, -0.1) is 0 Å². The first-order valence-electron chi connectivity index (χ1n) is 7.12. The zero-order valence-electron chi connectivity index (χ0n) is 12.5. The molecule has 0 aliphatic carbocycles. The molecule has 0 saturated carbocycles. The molecule has 1 N–H and O–H groups in total. The Morgan fingerprint density at radius 1 is 1.26 bits per heavy atom. The van der Waals surface area contributed by atoms with Crippen molar-refractivity contribution >= 4 is 15.9 Å². The van der Waals surface area contributed by atoms with Crippen molar-refractivity contribution in [1.82, 2.24) is 5.32 Å². The molecule has 0 aliphatic rings. The lowest BCUT2D eigenvalue weighted by molar-refractivity contribution is 0.0505. The van der Waals surface area contributed by atoms with E-state index in [2.05, 4.69) is 67.1 Å². The highest BCUT2D eigenvalue weighted by atomic mass is 79.9. The number of halogens is 1. The van der Waals surface area contributed by atoms with E-state index in [1.165, 1.54) is 11.1 Å². The van der Waals surface area contributed by atoms with Crippen LogP contribution in [0.1, 0.15) is 45.2 Å². The van der Waals surface area contributed by atoms with Crippen LogP contribution in [0.2, 0.25) is 0 Å². The minimum Gasteiger partial charge on any atom is -0.374 e. The lowest BCUT2D eigenvalue weighted by atomic mass is 10.1. The summed E-state index contributed by atoms with van der Waals surface area (Å²) in [5.74, 6) is 0.687. The third-order valence-corrected chi connectivity index (χ3v) is 3.84. The maximum atomic E-state index is 5.76. The summed E-state index contributed by atoms with van der Waals surface area (Å²) in [5.41, 5.74) is 2.52. The summed E-state index contributed by atoms with van der Waals surface area (Å²) in [7, 11) is 0. The Kier molecular flexibility index (Phi) is 7.66. The van der Waals surface area contributed by atoms with Crippen LogP contribution in [0.15, 0.2) is 22.7 Å². The molecule has 1 aromatic rings. The molecule has 0 radical (unpaired) electrons. The van der Waals surface area contributed by atoms with Gasteiger partial charge >= 0.3 is 0 Å². The second kappa shape index (κ2) is 8.72. The van der Waals surface area contributed by atoms with Crippen LogP contribution in [0.3, 0.4) is 0 Å². The van der Waals surface area contributed by atoms with Gasteiger partial charge in [0.25, 0.3) is 0 Å². The molecule has 0 aromatic heterocycles. The molecule has 0 heterocycles. The van der Waals surface area contributed by atoms with E-state index < -0.39 is 0 Å². The van der Waals surface area contributed by atoms with Crippen molar-refractivity contribution in [3.05, 3.63) is 33.8 Å². The molecule has 0 fully saturated rings. The number of ether oxygens (including phenoxy) is 1. The summed E-state index contributed by atoms with van der Waals surface area (Å²) in [6.45, 7) is 11.3. The van der Waals surface area contributed by atoms with Crippen molar-refractivity contribution in [3.63, 3.8) is 0 Å². The van der Waals surface area contributed by atoms with Crippen LogP contribution in [0.4, 0.5) is 0 Å². The monoisotopic (exact) mass is 327 g/mol. The van der Waals surface area contributed by atoms with Gasteiger partial charge in [-0.2, -0.15) is 0 Å². The lowest BCUT2D eigenvalue weighted by Crippen LogP contribution is -2.19. The van der Waals surface area contributed by atoms with Crippen LogP contribution < -0.4 is 5.32 Å². The molecule has 0 saturated heterocycles. The van der Waals surface area contributed by atoms with E-state index >= 15 is 0 Å². The van der Waals surface area contributed by atoms with Gasteiger partial charge in [-0.25, -0.2) is 0 Å². The van der Waals surface area contributed by atoms with Gasteiger partial charge in [-0.1, -0.05) is 48.8 Å². The van der Waals surface area contributed by atoms with Crippen LogP contribution in [0.5, 0.6) is 0 Å². The Morgan fingerprint density at radius 3 is 2.58 bits per heavy atom. The average Bonchev–Trinajstić information content (AvgIpc) is 2.37. The smallest absolute Gasteiger partial charge is 0.0731 e. The fourth-order valence-electron chi connectivity index (χ4n) is 1.67. The average molecular weight is 328 g/mol. The first kappa shape index (κ1) is 16.7. The Labute approximate surface area is 126 Å². The minimum atomic E-state index is 0.319. The van der Waals surface area contributed by atoms with Gasteiger partial charge in [0.2, 0.25) is 0 Å². The van der Waals surface area contributed by atoms with Crippen LogP contribution >= 0.6 is 15.9 Å². The Morgan fingerprint density at radius 2 is 2.00 bits per heavy atom. The number of rotatable bonds is 8. The Hall–Kier alpha value is -0.380. The molecular weight excluding hydrogens is 302 g/mol. The van der Waals surface area contributed by atoms with E-state index in [-0.39, 0.29) is 0 Å². The molecule has 0 amide bonds. The van der Waals surface area contributed by atoms with Gasteiger partial charge in [0.05, 0.1) is 12.7 Å². The molecule has 1 aromatic carbocycles. The maximum absolute atomic E-state index is 5.76. The van der Waals surface area contributed by atoms with Crippen LogP contribution in [0, 0.1) is 5.92 Å². The summed E-state index contributed by atoms with van der Waals surface area (Å²) in [5, 5.41) is 3.46. The molecule has 2 nitrogen and oxygen atoms in total. The topological polar surface area (TPSA) is 21.3 Å². The van der Waals surface area contributed by atoms with Crippen LogP contribution in [-0.2, 0) is 17.9 Å². The second-order valence-electron chi connectivity index (χ2n) is 5.48. The molecule has 3 heteroatoms. The third-order valence-electron chi connectivity index (χ3n) is 3.10. The minimum absolute atomic E-state index is 0.319. The molecule has 0 aliphatic heterocycles. The van der Waals surface area contributed by atoms with Gasteiger partial charge in [0.1, 0.15) is 0 Å². The van der Waals surface area contributed by atoms with Gasteiger partial charge in [-0.3, -0.25) is 0 Å². The van der Waals surface area contributed by atoms with E-state index in [9.17, 15) is 0 Å².